The molecule has 0 aliphatic heterocycles. The number of ether oxygens (including phenoxy) is 1. The third kappa shape index (κ3) is 4.03. The summed E-state index contributed by atoms with van der Waals surface area (Å²) in [5.41, 5.74) is 6.50. The van der Waals surface area contributed by atoms with Crippen LogP contribution in [0.5, 0.6) is 0 Å². The first-order valence-corrected chi connectivity index (χ1v) is 9.10. The van der Waals surface area contributed by atoms with E-state index in [9.17, 15) is 4.79 Å². The molecular formula is C12H12ClN3O2S3. The molecule has 0 bridgehead atoms. The van der Waals surface area contributed by atoms with Crippen LogP contribution in [0.1, 0.15) is 17.3 Å². The fourth-order valence-corrected chi connectivity index (χ4v) is 4.31. The molecular weight excluding hydrogens is 350 g/mol. The molecule has 0 radical (unpaired) electrons. The van der Waals surface area contributed by atoms with Gasteiger partial charge in [0.25, 0.3) is 0 Å². The lowest BCUT2D eigenvalue weighted by Gasteiger charge is -2.10. The van der Waals surface area contributed by atoms with Gasteiger partial charge >= 0.3 is 5.97 Å². The molecule has 1 aromatic heterocycles. The van der Waals surface area contributed by atoms with Gasteiger partial charge < -0.3 is 10.5 Å². The molecule has 0 amide bonds. The highest BCUT2D eigenvalue weighted by molar-refractivity contribution is 8.03. The number of aromatic nitrogens is 2. The van der Waals surface area contributed by atoms with E-state index in [0.29, 0.717) is 25.5 Å². The Morgan fingerprint density at radius 2 is 2.14 bits per heavy atom. The molecule has 5 nitrogen and oxygen atoms in total. The van der Waals surface area contributed by atoms with Crippen molar-refractivity contribution in [2.75, 3.05) is 18.6 Å². The zero-order valence-electron chi connectivity index (χ0n) is 11.3. The van der Waals surface area contributed by atoms with Gasteiger partial charge in [0.1, 0.15) is 0 Å². The van der Waals surface area contributed by atoms with Crippen molar-refractivity contribution in [1.29, 1.82) is 0 Å². The van der Waals surface area contributed by atoms with Gasteiger partial charge in [0.2, 0.25) is 0 Å². The number of thioether (sulfide) groups is 1. The van der Waals surface area contributed by atoms with E-state index in [-0.39, 0.29) is 6.61 Å². The van der Waals surface area contributed by atoms with Gasteiger partial charge in [-0.05, 0) is 25.3 Å². The van der Waals surface area contributed by atoms with Crippen LogP contribution in [0, 0.1) is 0 Å². The van der Waals surface area contributed by atoms with Gasteiger partial charge in [0.15, 0.2) is 8.68 Å². The van der Waals surface area contributed by atoms with Crippen LogP contribution in [0.3, 0.4) is 0 Å². The molecule has 1 aromatic carbocycles. The molecule has 2 aromatic rings. The van der Waals surface area contributed by atoms with Crippen molar-refractivity contribution in [3.63, 3.8) is 0 Å². The zero-order valence-corrected chi connectivity index (χ0v) is 14.5. The van der Waals surface area contributed by atoms with Crippen LogP contribution in [-0.2, 0) is 4.74 Å². The number of carbonyl (C=O) groups excluding carboxylic acids is 1. The number of halogens is 1. The first kappa shape index (κ1) is 16.4. The Balaban J connectivity index is 2.38. The molecule has 2 rings (SSSR count). The summed E-state index contributed by atoms with van der Waals surface area (Å²) in [6.45, 7) is 2.03. The number of nitrogens with zero attached hydrogens (tertiary/aromatic N) is 2. The number of carbonyl (C=O) groups is 1. The van der Waals surface area contributed by atoms with E-state index in [1.807, 2.05) is 6.26 Å². The highest BCUT2D eigenvalue weighted by Gasteiger charge is 2.19. The minimum atomic E-state index is -0.455. The minimum absolute atomic E-state index is 0.283. The maximum atomic E-state index is 12.0. The molecule has 0 spiro atoms. The Morgan fingerprint density at radius 3 is 2.76 bits per heavy atom. The quantitative estimate of drug-likeness (QED) is 0.492. The number of benzene rings is 1. The predicted octanol–water partition coefficient (Wildman–Crippen LogP) is 3.82. The summed E-state index contributed by atoms with van der Waals surface area (Å²) < 4.78 is 6.59. The SMILES string of the molecule is CCOC(=O)c1cc(N)cc(Cl)c1Sc1nnc(SC)s1. The zero-order chi connectivity index (χ0) is 15.4. The van der Waals surface area contributed by atoms with Crippen molar-refractivity contribution >= 4 is 58.1 Å². The second-order valence-corrected chi connectivity index (χ2v) is 7.44. The number of anilines is 1. The first-order chi connectivity index (χ1) is 10.0. The van der Waals surface area contributed by atoms with Crippen molar-refractivity contribution in [2.24, 2.45) is 0 Å². The second-order valence-electron chi connectivity index (χ2n) is 3.74. The van der Waals surface area contributed by atoms with Crippen molar-refractivity contribution in [3.05, 3.63) is 22.7 Å². The Labute approximate surface area is 139 Å². The summed E-state index contributed by atoms with van der Waals surface area (Å²) in [4.78, 5) is 12.6. The van der Waals surface area contributed by atoms with Gasteiger partial charge in [-0.3, -0.25) is 0 Å². The number of hydrogen-bond donors (Lipinski definition) is 1. The summed E-state index contributed by atoms with van der Waals surface area (Å²) in [7, 11) is 0. The summed E-state index contributed by atoms with van der Waals surface area (Å²) in [6, 6.07) is 3.16. The Bertz CT molecular complexity index is 663. The molecule has 112 valence electrons. The summed E-state index contributed by atoms with van der Waals surface area (Å²) >= 11 is 10.4. The third-order valence-electron chi connectivity index (χ3n) is 2.31. The van der Waals surface area contributed by atoms with Crippen molar-refractivity contribution in [2.45, 2.75) is 20.5 Å². The number of hydrogen-bond acceptors (Lipinski definition) is 8. The normalized spacial score (nSPS) is 10.6. The van der Waals surface area contributed by atoms with Gasteiger partial charge in [-0.2, -0.15) is 0 Å². The van der Waals surface area contributed by atoms with Gasteiger partial charge in [-0.25, -0.2) is 4.79 Å². The van der Waals surface area contributed by atoms with Gasteiger partial charge in [0.05, 0.1) is 17.2 Å². The lowest BCUT2D eigenvalue weighted by atomic mass is 10.2. The highest BCUT2D eigenvalue weighted by Crippen LogP contribution is 2.40. The van der Waals surface area contributed by atoms with Crippen molar-refractivity contribution in [1.82, 2.24) is 10.2 Å². The van der Waals surface area contributed by atoms with E-state index in [2.05, 4.69) is 10.2 Å². The Hall–Kier alpha value is -0.960. The molecule has 1 heterocycles. The van der Waals surface area contributed by atoms with Gasteiger partial charge in [-0.15, -0.1) is 10.2 Å². The Morgan fingerprint density at radius 1 is 1.43 bits per heavy atom. The highest BCUT2D eigenvalue weighted by atomic mass is 35.5. The van der Waals surface area contributed by atoms with Crippen LogP contribution in [0.25, 0.3) is 0 Å². The molecule has 0 atom stereocenters. The average Bonchev–Trinajstić information content (AvgIpc) is 2.89. The fourth-order valence-electron chi connectivity index (χ4n) is 1.49. The monoisotopic (exact) mass is 361 g/mol. The molecule has 0 fully saturated rings. The number of esters is 1. The Kier molecular flexibility index (Phi) is 5.74. The van der Waals surface area contributed by atoms with Crippen LogP contribution >= 0.6 is 46.5 Å². The average molecular weight is 362 g/mol. The smallest absolute Gasteiger partial charge is 0.339 e. The first-order valence-electron chi connectivity index (χ1n) is 5.86. The number of nitrogens with two attached hydrogens (primary N) is 1. The molecule has 0 aliphatic carbocycles. The topological polar surface area (TPSA) is 78.1 Å². The van der Waals surface area contributed by atoms with E-state index < -0.39 is 5.97 Å². The fraction of sp³-hybridized carbons (Fsp3) is 0.250. The standard InChI is InChI=1S/C12H12ClN3O2S3/c1-3-18-10(17)7-4-6(14)5-8(13)9(7)20-12-16-15-11(19-2)21-12/h4-5H,3,14H2,1-2H3. The van der Waals surface area contributed by atoms with Crippen molar-refractivity contribution < 1.29 is 9.53 Å². The van der Waals surface area contributed by atoms with Crippen LogP contribution in [0.15, 0.2) is 25.7 Å². The van der Waals surface area contributed by atoms with E-state index in [1.165, 1.54) is 34.9 Å². The molecule has 9 heteroatoms. The lowest BCUT2D eigenvalue weighted by molar-refractivity contribution is 0.0522. The maximum absolute atomic E-state index is 12.0. The van der Waals surface area contributed by atoms with E-state index in [0.717, 1.165) is 4.34 Å². The number of rotatable bonds is 5. The summed E-state index contributed by atoms with van der Waals surface area (Å²) in [6.07, 6.45) is 1.93. The maximum Gasteiger partial charge on any atom is 0.339 e. The van der Waals surface area contributed by atoms with E-state index in [4.69, 9.17) is 22.1 Å². The predicted molar refractivity (Wildman–Crippen MR) is 87.6 cm³/mol. The van der Waals surface area contributed by atoms with E-state index >= 15 is 0 Å². The molecule has 0 saturated carbocycles. The molecule has 0 aliphatic rings. The molecule has 21 heavy (non-hydrogen) atoms. The summed E-state index contributed by atoms with van der Waals surface area (Å²) in [5.74, 6) is -0.455. The van der Waals surface area contributed by atoms with Crippen LogP contribution in [-0.4, -0.2) is 29.0 Å². The van der Waals surface area contributed by atoms with Gasteiger partial charge in [-0.1, -0.05) is 46.5 Å². The van der Waals surface area contributed by atoms with Crippen LogP contribution in [0.4, 0.5) is 5.69 Å². The van der Waals surface area contributed by atoms with Gasteiger partial charge in [0, 0.05) is 10.6 Å². The van der Waals surface area contributed by atoms with Crippen LogP contribution < -0.4 is 5.73 Å². The van der Waals surface area contributed by atoms with Crippen LogP contribution in [0.2, 0.25) is 5.02 Å². The second kappa shape index (κ2) is 7.35. The largest absolute Gasteiger partial charge is 0.462 e. The molecule has 0 unspecified atom stereocenters. The third-order valence-corrected chi connectivity index (χ3v) is 5.82. The van der Waals surface area contributed by atoms with E-state index in [1.54, 1.807) is 19.1 Å². The lowest BCUT2D eigenvalue weighted by Crippen LogP contribution is -2.07. The summed E-state index contributed by atoms with van der Waals surface area (Å²) in [5, 5.41) is 8.47. The minimum Gasteiger partial charge on any atom is -0.462 e. The molecule has 2 N–H and O–H groups in total. The molecule has 0 saturated heterocycles. The number of nitrogen functional groups attached to an aromatic ring is 1. The van der Waals surface area contributed by atoms with Crippen molar-refractivity contribution in [3.8, 4) is 0 Å².